The first-order valence-electron chi connectivity index (χ1n) is 7.04. The van der Waals surface area contributed by atoms with Crippen molar-refractivity contribution in [2.24, 2.45) is 0 Å². The Bertz CT molecular complexity index is 671. The molecule has 3 rings (SSSR count). The van der Waals surface area contributed by atoms with Crippen LogP contribution in [-0.2, 0) is 6.54 Å². The highest BCUT2D eigenvalue weighted by Gasteiger charge is 2.28. The fourth-order valence-electron chi connectivity index (χ4n) is 2.37. The smallest absolute Gasteiger partial charge is 0.137 e. The Morgan fingerprint density at radius 2 is 2.10 bits per heavy atom. The molecule has 2 aromatic rings. The quantitative estimate of drug-likeness (QED) is 0.797. The van der Waals surface area contributed by atoms with Gasteiger partial charge in [0.15, 0.2) is 0 Å². The van der Waals surface area contributed by atoms with Gasteiger partial charge < -0.3 is 4.90 Å². The maximum absolute atomic E-state index is 13.3. The van der Waals surface area contributed by atoms with E-state index in [4.69, 9.17) is 11.6 Å². The first-order valence-corrected chi connectivity index (χ1v) is 7.42. The standard InChI is InChI=1S/C16H17ClFN3/c1-10-14(17)19-15(12-6-7-12)20-16(10)21(2)9-11-4-3-5-13(18)8-11/h3-5,8,12H,6-7,9H2,1-2H3. The fraction of sp³-hybridized carbons (Fsp3) is 0.375. The molecular weight excluding hydrogens is 289 g/mol. The lowest BCUT2D eigenvalue weighted by Crippen LogP contribution is -2.20. The predicted octanol–water partition coefficient (Wildman–Crippen LogP) is 4.09. The summed E-state index contributed by atoms with van der Waals surface area (Å²) in [6, 6.07) is 6.60. The maximum Gasteiger partial charge on any atom is 0.137 e. The zero-order valence-electron chi connectivity index (χ0n) is 12.1. The number of benzene rings is 1. The second kappa shape index (κ2) is 5.60. The van der Waals surface area contributed by atoms with E-state index in [1.807, 2.05) is 24.9 Å². The van der Waals surface area contributed by atoms with E-state index in [1.54, 1.807) is 6.07 Å². The lowest BCUT2D eigenvalue weighted by molar-refractivity contribution is 0.625. The van der Waals surface area contributed by atoms with Gasteiger partial charge in [-0.3, -0.25) is 0 Å². The Labute approximate surface area is 128 Å². The number of halogens is 2. The lowest BCUT2D eigenvalue weighted by atomic mass is 10.2. The molecule has 0 atom stereocenters. The summed E-state index contributed by atoms with van der Waals surface area (Å²) >= 11 is 6.23. The van der Waals surface area contributed by atoms with Crippen molar-refractivity contribution in [2.75, 3.05) is 11.9 Å². The Morgan fingerprint density at radius 3 is 2.76 bits per heavy atom. The summed E-state index contributed by atoms with van der Waals surface area (Å²) in [6.45, 7) is 2.49. The minimum atomic E-state index is -0.225. The second-order valence-corrected chi connectivity index (χ2v) is 5.94. The summed E-state index contributed by atoms with van der Waals surface area (Å²) in [5.74, 6) is 1.87. The molecule has 0 unspecified atom stereocenters. The summed E-state index contributed by atoms with van der Waals surface area (Å²) in [5.41, 5.74) is 1.76. The number of hydrogen-bond acceptors (Lipinski definition) is 3. The van der Waals surface area contributed by atoms with E-state index in [0.29, 0.717) is 17.6 Å². The van der Waals surface area contributed by atoms with Gasteiger partial charge in [0.25, 0.3) is 0 Å². The molecule has 1 aliphatic carbocycles. The first-order chi connectivity index (χ1) is 10.0. The third-order valence-corrected chi connectivity index (χ3v) is 4.06. The molecule has 0 N–H and O–H groups in total. The van der Waals surface area contributed by atoms with Crippen LogP contribution in [-0.4, -0.2) is 17.0 Å². The van der Waals surface area contributed by atoms with Crippen LogP contribution in [0.3, 0.4) is 0 Å². The van der Waals surface area contributed by atoms with Gasteiger partial charge in [-0.05, 0) is 37.5 Å². The Balaban J connectivity index is 1.88. The lowest BCUT2D eigenvalue weighted by Gasteiger charge is -2.21. The molecule has 1 aliphatic rings. The van der Waals surface area contributed by atoms with Crippen LogP contribution in [0.25, 0.3) is 0 Å². The monoisotopic (exact) mass is 305 g/mol. The van der Waals surface area contributed by atoms with E-state index in [2.05, 4.69) is 9.97 Å². The number of hydrogen-bond donors (Lipinski definition) is 0. The van der Waals surface area contributed by atoms with E-state index in [-0.39, 0.29) is 5.82 Å². The van der Waals surface area contributed by atoms with Gasteiger partial charge >= 0.3 is 0 Å². The molecule has 3 nitrogen and oxygen atoms in total. The van der Waals surface area contributed by atoms with Crippen LogP contribution >= 0.6 is 11.6 Å². The zero-order chi connectivity index (χ0) is 15.0. The Kier molecular flexibility index (Phi) is 3.81. The van der Waals surface area contributed by atoms with Crippen molar-refractivity contribution in [2.45, 2.75) is 32.2 Å². The van der Waals surface area contributed by atoms with Crippen LogP contribution in [0.1, 0.15) is 35.7 Å². The maximum atomic E-state index is 13.3. The van der Waals surface area contributed by atoms with Crippen LogP contribution in [0.15, 0.2) is 24.3 Å². The summed E-state index contributed by atoms with van der Waals surface area (Å²) in [4.78, 5) is 11.0. The first kappa shape index (κ1) is 14.3. The third-order valence-electron chi connectivity index (χ3n) is 3.69. The largest absolute Gasteiger partial charge is 0.355 e. The van der Waals surface area contributed by atoms with Gasteiger partial charge in [-0.2, -0.15) is 0 Å². The molecule has 1 aromatic carbocycles. The van der Waals surface area contributed by atoms with Crippen LogP contribution in [0, 0.1) is 12.7 Å². The van der Waals surface area contributed by atoms with Gasteiger partial charge in [0, 0.05) is 25.1 Å². The van der Waals surface area contributed by atoms with Crippen molar-refractivity contribution >= 4 is 17.4 Å². The van der Waals surface area contributed by atoms with Crippen LogP contribution in [0.2, 0.25) is 5.15 Å². The van der Waals surface area contributed by atoms with Gasteiger partial charge in [-0.1, -0.05) is 23.7 Å². The van der Waals surface area contributed by atoms with Crippen molar-refractivity contribution < 1.29 is 4.39 Å². The number of nitrogens with zero attached hydrogens (tertiary/aromatic N) is 3. The number of anilines is 1. The molecule has 1 heterocycles. The Hall–Kier alpha value is -1.68. The zero-order valence-corrected chi connectivity index (χ0v) is 12.9. The van der Waals surface area contributed by atoms with Crippen molar-refractivity contribution in [1.82, 2.24) is 9.97 Å². The Morgan fingerprint density at radius 1 is 1.33 bits per heavy atom. The number of rotatable bonds is 4. The van der Waals surface area contributed by atoms with E-state index >= 15 is 0 Å². The molecule has 21 heavy (non-hydrogen) atoms. The molecule has 1 saturated carbocycles. The highest BCUT2D eigenvalue weighted by Crippen LogP contribution is 2.39. The number of aromatic nitrogens is 2. The van der Waals surface area contributed by atoms with Crippen molar-refractivity contribution in [3.63, 3.8) is 0 Å². The molecule has 110 valence electrons. The fourth-order valence-corrected chi connectivity index (χ4v) is 2.54. The molecule has 0 aliphatic heterocycles. The van der Waals surface area contributed by atoms with E-state index in [9.17, 15) is 4.39 Å². The molecule has 0 saturated heterocycles. The summed E-state index contributed by atoms with van der Waals surface area (Å²) < 4.78 is 13.3. The van der Waals surface area contributed by atoms with Crippen molar-refractivity contribution in [3.05, 3.63) is 52.2 Å². The topological polar surface area (TPSA) is 29.0 Å². The molecule has 0 radical (unpaired) electrons. The molecule has 1 fully saturated rings. The minimum Gasteiger partial charge on any atom is -0.355 e. The molecule has 0 spiro atoms. The van der Waals surface area contributed by atoms with Crippen LogP contribution < -0.4 is 4.90 Å². The van der Waals surface area contributed by atoms with Gasteiger partial charge in [-0.15, -0.1) is 0 Å². The summed E-state index contributed by atoms with van der Waals surface area (Å²) in [6.07, 6.45) is 2.26. The van der Waals surface area contributed by atoms with Gasteiger partial charge in [-0.25, -0.2) is 14.4 Å². The molecule has 0 amide bonds. The average Bonchev–Trinajstić information content (AvgIpc) is 3.26. The minimum absolute atomic E-state index is 0.225. The molecule has 1 aromatic heterocycles. The molecule has 5 heteroatoms. The van der Waals surface area contributed by atoms with E-state index in [0.717, 1.165) is 35.6 Å². The van der Waals surface area contributed by atoms with Crippen molar-refractivity contribution in [1.29, 1.82) is 0 Å². The highest BCUT2D eigenvalue weighted by molar-refractivity contribution is 6.30. The van der Waals surface area contributed by atoms with E-state index in [1.165, 1.54) is 12.1 Å². The van der Waals surface area contributed by atoms with Crippen LogP contribution in [0.4, 0.5) is 10.2 Å². The van der Waals surface area contributed by atoms with Gasteiger partial charge in [0.2, 0.25) is 0 Å². The SMILES string of the molecule is Cc1c(Cl)nc(C2CC2)nc1N(C)Cc1cccc(F)c1. The summed E-state index contributed by atoms with van der Waals surface area (Å²) in [7, 11) is 1.94. The summed E-state index contributed by atoms with van der Waals surface area (Å²) in [5, 5.41) is 0.507. The molecular formula is C16H17ClFN3. The third kappa shape index (κ3) is 3.16. The van der Waals surface area contributed by atoms with Gasteiger partial charge in [0.05, 0.1) is 0 Å². The van der Waals surface area contributed by atoms with E-state index < -0.39 is 0 Å². The predicted molar refractivity (Wildman–Crippen MR) is 82.3 cm³/mol. The van der Waals surface area contributed by atoms with Crippen molar-refractivity contribution in [3.8, 4) is 0 Å². The second-order valence-electron chi connectivity index (χ2n) is 5.58. The molecule has 0 bridgehead atoms. The average molecular weight is 306 g/mol. The van der Waals surface area contributed by atoms with Gasteiger partial charge in [0.1, 0.15) is 22.6 Å². The van der Waals surface area contributed by atoms with Crippen LogP contribution in [0.5, 0.6) is 0 Å². The highest BCUT2D eigenvalue weighted by atomic mass is 35.5. The normalized spacial score (nSPS) is 14.3.